The van der Waals surface area contributed by atoms with Crippen molar-refractivity contribution in [3.63, 3.8) is 0 Å². The Morgan fingerprint density at radius 3 is 1.39 bits per heavy atom. The predicted octanol–water partition coefficient (Wildman–Crippen LogP) is 14.9. The summed E-state index contributed by atoms with van der Waals surface area (Å²) in [5.41, 5.74) is 15.9. The fourth-order valence-corrected chi connectivity index (χ4v) is 9.12. The fourth-order valence-electron chi connectivity index (χ4n) is 9.12. The summed E-state index contributed by atoms with van der Waals surface area (Å²) >= 11 is 0. The van der Waals surface area contributed by atoms with E-state index in [4.69, 9.17) is 9.97 Å². The summed E-state index contributed by atoms with van der Waals surface area (Å²) in [6, 6.07) is 81.1. The lowest BCUT2D eigenvalue weighted by molar-refractivity contribution is 1.18. The molecule has 0 bridgehead atoms. The van der Waals surface area contributed by atoms with Gasteiger partial charge in [0.1, 0.15) is 0 Å². The molecular weight excluding hydrogens is 857 g/mol. The van der Waals surface area contributed by atoms with Crippen LogP contribution in [-0.2, 0) is 0 Å². The van der Waals surface area contributed by atoms with E-state index in [1.807, 2.05) is 103 Å². The van der Waals surface area contributed by atoms with Gasteiger partial charge in [0.2, 0.25) is 0 Å². The van der Waals surface area contributed by atoms with Crippen molar-refractivity contribution in [2.24, 2.45) is 0 Å². The molecule has 0 amide bonds. The van der Waals surface area contributed by atoms with Crippen molar-refractivity contribution in [1.82, 2.24) is 14.5 Å². The van der Waals surface area contributed by atoms with E-state index in [2.05, 4.69) is 137 Å². The van der Waals surface area contributed by atoms with Gasteiger partial charge in [0.05, 0.1) is 69.0 Å². The van der Waals surface area contributed by atoms with E-state index in [-0.39, 0.29) is 0 Å². The standard InChI is InChI=1S/C62H36N8/c63-37-41-13-27-50(28-14-41)69(51-29-15-42(38-64)16-30-51)53-33-34-61-57(35-53)56-11-5-6-12-60(56)70(61)52-31-25-46(26-32-52)44-19-17-43(18-20-44)45-21-23-47(24-22-45)58-36-59(54-9-3-1-7-48(54)39-65)68-62(67-58)55-10-4-2-8-49(55)40-66/h1-36H. The second-order valence-corrected chi connectivity index (χ2v) is 16.7. The van der Waals surface area contributed by atoms with Crippen molar-refractivity contribution >= 4 is 38.9 Å². The Labute approximate surface area is 404 Å². The molecule has 70 heavy (non-hydrogen) atoms. The molecule has 0 atom stereocenters. The van der Waals surface area contributed by atoms with Crippen molar-refractivity contribution in [3.05, 3.63) is 241 Å². The summed E-state index contributed by atoms with van der Waals surface area (Å²) < 4.78 is 2.30. The smallest absolute Gasteiger partial charge is 0.161 e. The molecule has 11 rings (SSSR count). The lowest BCUT2D eigenvalue weighted by Gasteiger charge is -2.25. The summed E-state index contributed by atoms with van der Waals surface area (Å²) in [5.74, 6) is 0.416. The highest BCUT2D eigenvalue weighted by molar-refractivity contribution is 6.10. The number of hydrogen-bond donors (Lipinski definition) is 0. The first kappa shape index (κ1) is 42.3. The third-order valence-electron chi connectivity index (χ3n) is 12.6. The first-order valence-corrected chi connectivity index (χ1v) is 22.5. The maximum Gasteiger partial charge on any atom is 0.161 e. The molecule has 0 fully saturated rings. The number of rotatable bonds is 9. The number of aromatic nitrogens is 3. The van der Waals surface area contributed by atoms with E-state index in [0.29, 0.717) is 50.6 Å². The van der Waals surface area contributed by atoms with Crippen LogP contribution in [0.5, 0.6) is 0 Å². The van der Waals surface area contributed by atoms with Crippen LogP contribution in [0, 0.1) is 45.3 Å². The molecule has 8 nitrogen and oxygen atoms in total. The molecule has 2 aromatic heterocycles. The molecule has 9 aromatic carbocycles. The molecule has 0 aliphatic carbocycles. The first-order valence-electron chi connectivity index (χ1n) is 22.5. The van der Waals surface area contributed by atoms with Gasteiger partial charge >= 0.3 is 0 Å². The third-order valence-corrected chi connectivity index (χ3v) is 12.6. The number of nitriles is 4. The monoisotopic (exact) mass is 892 g/mol. The summed E-state index contributed by atoms with van der Waals surface area (Å²) in [5, 5.41) is 41.0. The van der Waals surface area contributed by atoms with Crippen LogP contribution < -0.4 is 4.90 Å². The van der Waals surface area contributed by atoms with Crippen molar-refractivity contribution < 1.29 is 0 Å². The van der Waals surface area contributed by atoms with Crippen LogP contribution in [0.4, 0.5) is 17.1 Å². The minimum absolute atomic E-state index is 0.416. The molecule has 0 radical (unpaired) electrons. The summed E-state index contributed by atoms with van der Waals surface area (Å²) in [6.07, 6.45) is 0. The summed E-state index contributed by atoms with van der Waals surface area (Å²) in [6.45, 7) is 0. The average Bonchev–Trinajstić information content (AvgIpc) is 3.77. The van der Waals surface area contributed by atoms with Crippen LogP contribution >= 0.6 is 0 Å². The van der Waals surface area contributed by atoms with Crippen LogP contribution in [0.1, 0.15) is 22.3 Å². The molecular formula is C62H36N8. The Kier molecular flexibility index (Phi) is 10.9. The molecule has 8 heteroatoms. The van der Waals surface area contributed by atoms with E-state index in [0.717, 1.165) is 72.4 Å². The van der Waals surface area contributed by atoms with Gasteiger partial charge in [-0.2, -0.15) is 21.0 Å². The molecule has 11 aromatic rings. The Balaban J connectivity index is 0.882. The van der Waals surface area contributed by atoms with Gasteiger partial charge in [-0.05, 0) is 131 Å². The second kappa shape index (κ2) is 18.1. The normalized spacial score (nSPS) is 10.8. The molecule has 324 valence electrons. The van der Waals surface area contributed by atoms with Crippen molar-refractivity contribution in [3.8, 4) is 86.1 Å². The van der Waals surface area contributed by atoms with Gasteiger partial charge in [0.15, 0.2) is 5.82 Å². The molecule has 0 aliphatic rings. The highest BCUT2D eigenvalue weighted by atomic mass is 15.1. The topological polar surface area (TPSA) is 129 Å². The average molecular weight is 893 g/mol. The van der Waals surface area contributed by atoms with Crippen molar-refractivity contribution in [2.75, 3.05) is 4.90 Å². The Hall–Kier alpha value is -10.4. The maximum absolute atomic E-state index is 9.91. The SMILES string of the molecule is N#Cc1ccc(N(c2ccc(C#N)cc2)c2ccc3c(c2)c2ccccc2n3-c2ccc(-c3ccc(-c4ccc(-c5cc(-c6ccccc6C#N)nc(-c6ccccc6C#N)n5)cc4)cc3)cc2)cc1. The zero-order valence-electron chi connectivity index (χ0n) is 37.4. The number of nitrogens with zero attached hydrogens (tertiary/aromatic N) is 8. The number of hydrogen-bond acceptors (Lipinski definition) is 7. The number of fused-ring (bicyclic) bond motifs is 3. The third kappa shape index (κ3) is 7.83. The zero-order chi connectivity index (χ0) is 47.6. The van der Waals surface area contributed by atoms with Gasteiger partial charge < -0.3 is 9.47 Å². The lowest BCUT2D eigenvalue weighted by atomic mass is 9.98. The molecule has 0 saturated heterocycles. The Morgan fingerprint density at radius 1 is 0.357 bits per heavy atom. The van der Waals surface area contributed by atoms with Crippen LogP contribution in [0.25, 0.3) is 83.6 Å². The van der Waals surface area contributed by atoms with Crippen LogP contribution in [0.2, 0.25) is 0 Å². The van der Waals surface area contributed by atoms with E-state index in [1.165, 1.54) is 0 Å². The van der Waals surface area contributed by atoms with E-state index < -0.39 is 0 Å². The zero-order valence-corrected chi connectivity index (χ0v) is 37.4. The minimum Gasteiger partial charge on any atom is -0.310 e. The first-order chi connectivity index (χ1) is 34.5. The highest BCUT2D eigenvalue weighted by Gasteiger charge is 2.19. The predicted molar refractivity (Wildman–Crippen MR) is 277 cm³/mol. The molecule has 0 spiro atoms. The Bertz CT molecular complexity index is 3820. The minimum atomic E-state index is 0.416. The second-order valence-electron chi connectivity index (χ2n) is 16.7. The molecule has 2 heterocycles. The van der Waals surface area contributed by atoms with Gasteiger partial charge in [-0.15, -0.1) is 0 Å². The Morgan fingerprint density at radius 2 is 0.814 bits per heavy atom. The molecule has 0 aliphatic heterocycles. The van der Waals surface area contributed by atoms with Gasteiger partial charge in [0, 0.05) is 50.2 Å². The number of anilines is 3. The van der Waals surface area contributed by atoms with E-state index in [9.17, 15) is 21.0 Å². The van der Waals surface area contributed by atoms with Crippen molar-refractivity contribution in [2.45, 2.75) is 0 Å². The molecule has 0 N–H and O–H groups in total. The number of benzene rings is 9. The van der Waals surface area contributed by atoms with Crippen LogP contribution in [-0.4, -0.2) is 14.5 Å². The number of para-hydroxylation sites is 1. The van der Waals surface area contributed by atoms with Gasteiger partial charge in [-0.1, -0.05) is 109 Å². The fraction of sp³-hybridized carbons (Fsp3) is 0. The molecule has 0 saturated carbocycles. The molecule has 0 unspecified atom stereocenters. The highest BCUT2D eigenvalue weighted by Crippen LogP contribution is 2.40. The lowest BCUT2D eigenvalue weighted by Crippen LogP contribution is -2.10. The maximum atomic E-state index is 9.91. The largest absolute Gasteiger partial charge is 0.310 e. The van der Waals surface area contributed by atoms with Gasteiger partial charge in [-0.3, -0.25) is 0 Å². The van der Waals surface area contributed by atoms with Crippen molar-refractivity contribution in [1.29, 1.82) is 21.0 Å². The van der Waals surface area contributed by atoms with Crippen LogP contribution in [0.3, 0.4) is 0 Å². The van der Waals surface area contributed by atoms with Crippen LogP contribution in [0.15, 0.2) is 218 Å². The van der Waals surface area contributed by atoms with Gasteiger partial charge in [0.25, 0.3) is 0 Å². The summed E-state index contributed by atoms with van der Waals surface area (Å²) in [7, 11) is 0. The van der Waals surface area contributed by atoms with E-state index in [1.54, 1.807) is 12.1 Å². The van der Waals surface area contributed by atoms with E-state index >= 15 is 0 Å². The quantitative estimate of drug-likeness (QED) is 0.141. The van der Waals surface area contributed by atoms with Gasteiger partial charge in [-0.25, -0.2) is 9.97 Å². The summed E-state index contributed by atoms with van der Waals surface area (Å²) in [4.78, 5) is 11.9.